The van der Waals surface area contributed by atoms with Crippen LogP contribution in [0.3, 0.4) is 0 Å². The first-order chi connectivity index (χ1) is 12.4. The van der Waals surface area contributed by atoms with Gasteiger partial charge < -0.3 is 14.8 Å². The van der Waals surface area contributed by atoms with Crippen molar-refractivity contribution >= 4 is 29.2 Å². The van der Waals surface area contributed by atoms with Gasteiger partial charge in [0.2, 0.25) is 0 Å². The number of amides is 1. The van der Waals surface area contributed by atoms with Crippen LogP contribution in [-0.2, 0) is 14.3 Å². The minimum absolute atomic E-state index is 0.331. The topological polar surface area (TPSA) is 88.4 Å². The van der Waals surface area contributed by atoms with Gasteiger partial charge in [-0.2, -0.15) is 5.26 Å². The minimum Gasteiger partial charge on any atom is -0.482 e. The molecule has 0 aliphatic carbocycles. The van der Waals surface area contributed by atoms with Crippen LogP contribution >= 0.6 is 11.6 Å². The van der Waals surface area contributed by atoms with Gasteiger partial charge in [-0.05, 0) is 55.8 Å². The van der Waals surface area contributed by atoms with Crippen molar-refractivity contribution in [2.24, 2.45) is 0 Å². The predicted molar refractivity (Wildman–Crippen MR) is 97.0 cm³/mol. The second-order valence-corrected chi connectivity index (χ2v) is 5.92. The first-order valence-electron chi connectivity index (χ1n) is 7.78. The lowest BCUT2D eigenvalue weighted by Crippen LogP contribution is -2.31. The first kappa shape index (κ1) is 19.3. The quantitative estimate of drug-likeness (QED) is 0.784. The van der Waals surface area contributed by atoms with E-state index in [1.165, 1.54) is 13.0 Å². The molecule has 0 unspecified atom stereocenters. The Morgan fingerprint density at radius 2 is 2.04 bits per heavy atom. The molecule has 1 amide bonds. The van der Waals surface area contributed by atoms with Gasteiger partial charge in [0.15, 0.2) is 12.7 Å². The number of rotatable bonds is 6. The highest BCUT2D eigenvalue weighted by molar-refractivity contribution is 6.31. The fraction of sp³-hybridized carbons (Fsp3) is 0.211. The van der Waals surface area contributed by atoms with Crippen LogP contribution in [0, 0.1) is 18.3 Å². The van der Waals surface area contributed by atoms with Crippen LogP contribution in [0.5, 0.6) is 5.75 Å². The molecule has 0 aliphatic rings. The summed E-state index contributed by atoms with van der Waals surface area (Å²) in [6, 6.07) is 13.4. The van der Waals surface area contributed by atoms with Crippen LogP contribution < -0.4 is 10.1 Å². The SMILES string of the molecule is Cc1cc(OCC(=O)O[C@H](C)C(=O)Nc2cccc(C#N)c2)ccc1Cl. The normalized spacial score (nSPS) is 11.2. The number of nitrogens with zero attached hydrogens (tertiary/aromatic N) is 1. The summed E-state index contributed by atoms with van der Waals surface area (Å²) in [4.78, 5) is 23.9. The highest BCUT2D eigenvalue weighted by Gasteiger charge is 2.18. The fourth-order valence-corrected chi connectivity index (χ4v) is 2.16. The Morgan fingerprint density at radius 1 is 1.27 bits per heavy atom. The van der Waals surface area contributed by atoms with Gasteiger partial charge in [-0.1, -0.05) is 17.7 Å². The molecule has 7 heteroatoms. The lowest BCUT2D eigenvalue weighted by Gasteiger charge is -2.14. The third kappa shape index (κ3) is 5.50. The molecule has 2 aromatic carbocycles. The van der Waals surface area contributed by atoms with Crippen molar-refractivity contribution in [3.8, 4) is 11.8 Å². The number of hydrogen-bond donors (Lipinski definition) is 1. The number of esters is 1. The zero-order valence-corrected chi connectivity index (χ0v) is 15.0. The number of ether oxygens (including phenoxy) is 2. The second-order valence-electron chi connectivity index (χ2n) is 5.51. The maximum Gasteiger partial charge on any atom is 0.344 e. The fourth-order valence-electron chi connectivity index (χ4n) is 2.04. The van der Waals surface area contributed by atoms with Gasteiger partial charge in [-0.3, -0.25) is 4.79 Å². The number of hydrogen-bond acceptors (Lipinski definition) is 5. The van der Waals surface area contributed by atoms with E-state index in [0.717, 1.165) is 5.56 Å². The van der Waals surface area contributed by atoms with Gasteiger partial charge in [0, 0.05) is 10.7 Å². The second kappa shape index (κ2) is 8.88. The maximum absolute atomic E-state index is 12.1. The Labute approximate surface area is 156 Å². The molecule has 2 aromatic rings. The van der Waals surface area contributed by atoms with Crippen molar-refractivity contribution < 1.29 is 19.1 Å². The summed E-state index contributed by atoms with van der Waals surface area (Å²) in [5.74, 6) is -0.698. The number of anilines is 1. The highest BCUT2D eigenvalue weighted by Crippen LogP contribution is 2.21. The molecular weight excluding hydrogens is 356 g/mol. The van der Waals surface area contributed by atoms with Gasteiger partial charge in [-0.15, -0.1) is 0 Å². The smallest absolute Gasteiger partial charge is 0.344 e. The van der Waals surface area contributed by atoms with Crippen molar-refractivity contribution in [1.82, 2.24) is 0 Å². The standard InChI is InChI=1S/C19H17ClN2O4/c1-12-8-16(6-7-17(12)20)25-11-18(23)26-13(2)19(24)22-15-5-3-4-14(9-15)10-21/h3-9,13H,11H2,1-2H3,(H,22,24)/t13-/m1/s1. The average Bonchev–Trinajstić information content (AvgIpc) is 2.62. The summed E-state index contributed by atoms with van der Waals surface area (Å²) in [6.07, 6.45) is -1.01. The number of nitrogens with one attached hydrogen (secondary N) is 1. The molecule has 134 valence electrons. The number of carbonyl (C=O) groups excluding carboxylic acids is 2. The van der Waals surface area contributed by atoms with Crippen molar-refractivity contribution in [1.29, 1.82) is 5.26 Å². The van der Waals surface area contributed by atoms with Gasteiger partial charge in [0.05, 0.1) is 11.6 Å². The summed E-state index contributed by atoms with van der Waals surface area (Å²) in [6.45, 7) is 2.94. The maximum atomic E-state index is 12.1. The van der Waals surface area contributed by atoms with Gasteiger partial charge in [0.25, 0.3) is 5.91 Å². The van der Waals surface area contributed by atoms with Crippen molar-refractivity contribution in [3.63, 3.8) is 0 Å². The van der Waals surface area contributed by atoms with Crippen LogP contribution in [0.4, 0.5) is 5.69 Å². The van der Waals surface area contributed by atoms with Crippen LogP contribution in [0.1, 0.15) is 18.1 Å². The van der Waals surface area contributed by atoms with E-state index in [2.05, 4.69) is 5.32 Å². The molecular formula is C19H17ClN2O4. The molecule has 0 radical (unpaired) electrons. The van der Waals surface area contributed by atoms with Gasteiger partial charge in [0.1, 0.15) is 5.75 Å². The molecule has 1 atom stereocenters. The predicted octanol–water partition coefficient (Wildman–Crippen LogP) is 3.47. The Kier molecular flexibility index (Phi) is 6.59. The summed E-state index contributed by atoms with van der Waals surface area (Å²) in [5.41, 5.74) is 1.69. The average molecular weight is 373 g/mol. The van der Waals surface area contributed by atoms with E-state index in [1.807, 2.05) is 13.0 Å². The van der Waals surface area contributed by atoms with Crippen LogP contribution in [0.15, 0.2) is 42.5 Å². The lowest BCUT2D eigenvalue weighted by atomic mass is 10.2. The summed E-state index contributed by atoms with van der Waals surface area (Å²) < 4.78 is 10.4. The van der Waals surface area contributed by atoms with E-state index in [4.69, 9.17) is 26.3 Å². The monoisotopic (exact) mass is 372 g/mol. The van der Waals surface area contributed by atoms with E-state index in [9.17, 15) is 9.59 Å². The molecule has 0 fully saturated rings. The van der Waals surface area contributed by atoms with Crippen molar-refractivity contribution in [2.75, 3.05) is 11.9 Å². The number of carbonyl (C=O) groups is 2. The van der Waals surface area contributed by atoms with Crippen molar-refractivity contribution in [3.05, 3.63) is 58.6 Å². The van der Waals surface area contributed by atoms with E-state index in [-0.39, 0.29) is 6.61 Å². The molecule has 1 N–H and O–H groups in total. The number of nitriles is 1. The Morgan fingerprint density at radius 3 is 2.73 bits per heavy atom. The number of aryl methyl sites for hydroxylation is 1. The summed E-state index contributed by atoms with van der Waals surface area (Å²) in [5, 5.41) is 12.0. The number of benzene rings is 2. The van der Waals surface area contributed by atoms with Gasteiger partial charge in [-0.25, -0.2) is 4.79 Å². The summed E-state index contributed by atoms with van der Waals surface area (Å²) in [7, 11) is 0. The minimum atomic E-state index is -1.01. The molecule has 0 heterocycles. The van der Waals surface area contributed by atoms with Gasteiger partial charge >= 0.3 is 5.97 Å². The molecule has 2 rings (SSSR count). The molecule has 0 spiro atoms. The Hall–Kier alpha value is -3.04. The van der Waals surface area contributed by atoms with E-state index >= 15 is 0 Å². The Bertz CT molecular complexity index is 861. The first-order valence-corrected chi connectivity index (χ1v) is 8.16. The van der Waals surface area contributed by atoms with Crippen molar-refractivity contribution in [2.45, 2.75) is 20.0 Å². The zero-order chi connectivity index (χ0) is 19.1. The van der Waals surface area contributed by atoms with E-state index in [0.29, 0.717) is 22.0 Å². The molecule has 0 bridgehead atoms. The third-order valence-corrected chi connectivity index (χ3v) is 3.85. The van der Waals surface area contributed by atoms with Crippen LogP contribution in [-0.4, -0.2) is 24.6 Å². The molecule has 0 saturated heterocycles. The largest absolute Gasteiger partial charge is 0.482 e. The Balaban J connectivity index is 1.84. The van der Waals surface area contributed by atoms with Crippen LogP contribution in [0.2, 0.25) is 5.02 Å². The lowest BCUT2D eigenvalue weighted by molar-refractivity contribution is -0.155. The van der Waals surface area contributed by atoms with E-state index in [1.54, 1.807) is 36.4 Å². The highest BCUT2D eigenvalue weighted by atomic mass is 35.5. The summed E-state index contributed by atoms with van der Waals surface area (Å²) >= 11 is 5.92. The number of halogens is 1. The van der Waals surface area contributed by atoms with Crippen LogP contribution in [0.25, 0.3) is 0 Å². The molecule has 0 saturated carbocycles. The zero-order valence-electron chi connectivity index (χ0n) is 14.3. The third-order valence-electron chi connectivity index (χ3n) is 3.42. The molecule has 6 nitrogen and oxygen atoms in total. The molecule has 0 aliphatic heterocycles. The van der Waals surface area contributed by atoms with E-state index < -0.39 is 18.0 Å². The molecule has 0 aromatic heterocycles. The molecule has 26 heavy (non-hydrogen) atoms.